The molecule has 4 rings (SSSR count). The lowest BCUT2D eigenvalue weighted by Crippen LogP contribution is -2.22. The maximum Gasteiger partial charge on any atom is 0.181 e. The summed E-state index contributed by atoms with van der Waals surface area (Å²) in [6.45, 7) is 1.49. The molecular formula is C25H28FNO3S. The standard InChI is InChI=1S/C25H28FNO3S/c26-19-3-8-23(27-16-19)25(29)10-9-24(28)22(15-17-11-13-30-14-12-17)18-1-4-20(5-2-18)31-21-6-7-21/h1-5,8,16-17,21-22H,6-7,9-15H2. The van der Waals surface area contributed by atoms with E-state index in [4.69, 9.17) is 4.74 Å². The second-order valence-electron chi connectivity index (χ2n) is 8.48. The Morgan fingerprint density at radius 1 is 1.03 bits per heavy atom. The lowest BCUT2D eigenvalue weighted by molar-refractivity contribution is -0.121. The second kappa shape index (κ2) is 10.5. The van der Waals surface area contributed by atoms with Gasteiger partial charge in [-0.25, -0.2) is 4.39 Å². The molecule has 0 N–H and O–H groups in total. The molecule has 6 heteroatoms. The molecule has 0 amide bonds. The minimum Gasteiger partial charge on any atom is -0.381 e. The van der Waals surface area contributed by atoms with Crippen LogP contribution in [-0.4, -0.2) is 35.0 Å². The molecule has 4 nitrogen and oxygen atoms in total. The van der Waals surface area contributed by atoms with E-state index >= 15 is 0 Å². The predicted octanol–water partition coefficient (Wildman–Crippen LogP) is 5.61. The SMILES string of the molecule is O=C(CCC(=O)C(CC1CCOCC1)c1ccc(SC2CC2)cc1)c1ccc(F)cn1. The number of carbonyl (C=O) groups is 2. The van der Waals surface area contributed by atoms with Gasteiger partial charge < -0.3 is 4.74 Å². The monoisotopic (exact) mass is 441 g/mol. The van der Waals surface area contributed by atoms with Crippen LogP contribution in [0, 0.1) is 11.7 Å². The van der Waals surface area contributed by atoms with Crippen molar-refractivity contribution in [1.82, 2.24) is 4.98 Å². The Morgan fingerprint density at radius 2 is 1.77 bits per heavy atom. The van der Waals surface area contributed by atoms with Gasteiger partial charge in [0, 0.05) is 42.1 Å². The molecule has 1 aromatic carbocycles. The smallest absolute Gasteiger partial charge is 0.181 e. The largest absolute Gasteiger partial charge is 0.381 e. The third kappa shape index (κ3) is 6.47. The quantitative estimate of drug-likeness (QED) is 0.449. The van der Waals surface area contributed by atoms with Crippen LogP contribution in [0.3, 0.4) is 0 Å². The van der Waals surface area contributed by atoms with Gasteiger partial charge >= 0.3 is 0 Å². The summed E-state index contributed by atoms with van der Waals surface area (Å²) in [4.78, 5) is 30.7. The van der Waals surface area contributed by atoms with Crippen molar-refractivity contribution in [2.45, 2.75) is 61.0 Å². The Bertz CT molecular complexity index is 890. The number of thioether (sulfide) groups is 1. The van der Waals surface area contributed by atoms with Crippen LogP contribution >= 0.6 is 11.8 Å². The Labute approximate surface area is 187 Å². The van der Waals surface area contributed by atoms with Crippen molar-refractivity contribution >= 4 is 23.3 Å². The number of rotatable bonds is 10. The van der Waals surface area contributed by atoms with Gasteiger partial charge in [0.15, 0.2) is 5.78 Å². The number of carbonyl (C=O) groups excluding carboxylic acids is 2. The topological polar surface area (TPSA) is 56.3 Å². The molecule has 1 unspecified atom stereocenters. The van der Waals surface area contributed by atoms with Crippen LogP contribution in [0.15, 0.2) is 47.5 Å². The number of hydrogen-bond donors (Lipinski definition) is 0. The minimum atomic E-state index is -0.479. The predicted molar refractivity (Wildman–Crippen MR) is 119 cm³/mol. The van der Waals surface area contributed by atoms with Gasteiger partial charge in [-0.15, -0.1) is 11.8 Å². The Kier molecular flexibility index (Phi) is 7.51. The van der Waals surface area contributed by atoms with Crippen LogP contribution in [0.5, 0.6) is 0 Å². The molecule has 2 aliphatic rings. The van der Waals surface area contributed by atoms with Gasteiger partial charge in [0.05, 0.1) is 6.20 Å². The van der Waals surface area contributed by atoms with E-state index in [1.165, 1.54) is 29.9 Å². The highest BCUT2D eigenvalue weighted by atomic mass is 32.2. The van der Waals surface area contributed by atoms with Crippen LogP contribution in [0.25, 0.3) is 0 Å². The maximum absolute atomic E-state index is 13.2. The molecule has 1 atom stereocenters. The third-order valence-electron chi connectivity index (χ3n) is 6.02. The lowest BCUT2D eigenvalue weighted by Gasteiger charge is -2.26. The average molecular weight is 442 g/mol. The zero-order valence-corrected chi connectivity index (χ0v) is 18.4. The highest BCUT2D eigenvalue weighted by molar-refractivity contribution is 8.00. The van der Waals surface area contributed by atoms with E-state index in [2.05, 4.69) is 29.2 Å². The zero-order chi connectivity index (χ0) is 21.6. The number of nitrogens with zero attached hydrogens (tertiary/aromatic N) is 1. The van der Waals surface area contributed by atoms with Crippen LogP contribution < -0.4 is 0 Å². The fraction of sp³-hybridized carbons (Fsp3) is 0.480. The Balaban J connectivity index is 1.42. The van der Waals surface area contributed by atoms with E-state index in [1.807, 2.05) is 11.8 Å². The molecule has 1 saturated carbocycles. The first-order chi connectivity index (χ1) is 15.1. The van der Waals surface area contributed by atoms with Crippen molar-refractivity contribution in [3.05, 3.63) is 59.7 Å². The summed E-state index contributed by atoms with van der Waals surface area (Å²) < 4.78 is 18.5. The van der Waals surface area contributed by atoms with Crippen LogP contribution in [0.1, 0.15) is 66.9 Å². The van der Waals surface area contributed by atoms with Gasteiger partial charge in [-0.2, -0.15) is 0 Å². The molecule has 1 aliphatic heterocycles. The van der Waals surface area contributed by atoms with Gasteiger partial charge in [-0.1, -0.05) is 12.1 Å². The molecule has 1 aliphatic carbocycles. The van der Waals surface area contributed by atoms with Crippen molar-refractivity contribution in [3.8, 4) is 0 Å². The van der Waals surface area contributed by atoms with Crippen LogP contribution in [0.4, 0.5) is 4.39 Å². The minimum absolute atomic E-state index is 0.0875. The van der Waals surface area contributed by atoms with E-state index < -0.39 is 5.82 Å². The average Bonchev–Trinajstić information content (AvgIpc) is 3.61. The number of halogens is 1. The third-order valence-corrected chi connectivity index (χ3v) is 7.37. The van der Waals surface area contributed by atoms with Crippen LogP contribution in [0.2, 0.25) is 0 Å². The fourth-order valence-corrected chi connectivity index (χ4v) is 5.06. The fourth-order valence-electron chi connectivity index (χ4n) is 4.01. The molecule has 0 bridgehead atoms. The summed E-state index contributed by atoms with van der Waals surface area (Å²) in [7, 11) is 0. The van der Waals surface area contributed by atoms with Gasteiger partial charge in [-0.05, 0) is 67.9 Å². The summed E-state index contributed by atoms with van der Waals surface area (Å²) in [5.41, 5.74) is 1.24. The summed E-state index contributed by atoms with van der Waals surface area (Å²) in [6.07, 6.45) is 6.60. The van der Waals surface area contributed by atoms with E-state index in [9.17, 15) is 14.0 Å². The van der Waals surface area contributed by atoms with E-state index in [-0.39, 0.29) is 36.0 Å². The molecule has 0 spiro atoms. The molecule has 164 valence electrons. The molecule has 2 aromatic rings. The molecule has 1 saturated heterocycles. The first-order valence-corrected chi connectivity index (χ1v) is 12.0. The molecule has 31 heavy (non-hydrogen) atoms. The van der Waals surface area contributed by atoms with Gasteiger partial charge in [0.2, 0.25) is 0 Å². The highest BCUT2D eigenvalue weighted by Gasteiger charge is 2.27. The number of ether oxygens (including phenoxy) is 1. The van der Waals surface area contributed by atoms with Crippen molar-refractivity contribution in [1.29, 1.82) is 0 Å². The van der Waals surface area contributed by atoms with Gasteiger partial charge in [-0.3, -0.25) is 14.6 Å². The number of benzene rings is 1. The van der Waals surface area contributed by atoms with Crippen molar-refractivity contribution < 1.29 is 18.7 Å². The molecular weight excluding hydrogens is 413 g/mol. The maximum atomic E-state index is 13.2. The summed E-state index contributed by atoms with van der Waals surface area (Å²) >= 11 is 1.91. The Hall–Kier alpha value is -2.05. The summed E-state index contributed by atoms with van der Waals surface area (Å²) in [5, 5.41) is 0.747. The molecule has 1 aromatic heterocycles. The van der Waals surface area contributed by atoms with Crippen molar-refractivity contribution in [2.75, 3.05) is 13.2 Å². The number of hydrogen-bond acceptors (Lipinski definition) is 5. The number of aromatic nitrogens is 1. The first-order valence-electron chi connectivity index (χ1n) is 11.1. The lowest BCUT2D eigenvalue weighted by atomic mass is 9.81. The first kappa shape index (κ1) is 22.2. The van der Waals surface area contributed by atoms with E-state index in [0.29, 0.717) is 5.92 Å². The molecule has 2 heterocycles. The number of Topliss-reactive ketones (excluding diaryl/α,β-unsaturated/α-hetero) is 2. The van der Waals surface area contributed by atoms with Gasteiger partial charge in [0.25, 0.3) is 0 Å². The molecule has 2 fully saturated rings. The normalized spacial score (nSPS) is 18.0. The number of ketones is 2. The van der Waals surface area contributed by atoms with Crippen LogP contribution in [-0.2, 0) is 9.53 Å². The molecule has 0 radical (unpaired) electrons. The Morgan fingerprint density at radius 3 is 2.42 bits per heavy atom. The van der Waals surface area contributed by atoms with E-state index in [1.54, 1.807) is 0 Å². The van der Waals surface area contributed by atoms with E-state index in [0.717, 1.165) is 49.5 Å². The second-order valence-corrected chi connectivity index (χ2v) is 9.86. The number of pyridine rings is 1. The van der Waals surface area contributed by atoms with Crippen molar-refractivity contribution in [2.24, 2.45) is 5.92 Å². The zero-order valence-electron chi connectivity index (χ0n) is 17.6. The van der Waals surface area contributed by atoms with Crippen molar-refractivity contribution in [3.63, 3.8) is 0 Å². The highest BCUT2D eigenvalue weighted by Crippen LogP contribution is 2.40. The van der Waals surface area contributed by atoms with Gasteiger partial charge in [0.1, 0.15) is 17.3 Å². The summed E-state index contributed by atoms with van der Waals surface area (Å²) in [5.74, 6) is -0.374. The summed E-state index contributed by atoms with van der Waals surface area (Å²) in [6, 6.07) is 11.0.